The summed E-state index contributed by atoms with van der Waals surface area (Å²) in [5.41, 5.74) is 0.675. The van der Waals surface area contributed by atoms with Gasteiger partial charge in [-0.15, -0.1) is 3.89 Å². The van der Waals surface area contributed by atoms with Crippen LogP contribution in [0.5, 0.6) is 0 Å². The topological polar surface area (TPSA) is 39.1 Å². The zero-order valence-electron chi connectivity index (χ0n) is 7.74. The molecule has 0 saturated heterocycles. The van der Waals surface area contributed by atoms with E-state index in [4.69, 9.17) is 0 Å². The van der Waals surface area contributed by atoms with Crippen LogP contribution in [0.2, 0.25) is 0 Å². The number of nitrogens with zero attached hydrogens (tertiary/aromatic N) is 1. The van der Waals surface area contributed by atoms with Crippen molar-refractivity contribution < 1.29 is 12.3 Å². The van der Waals surface area contributed by atoms with Gasteiger partial charge in [0.05, 0.1) is 0 Å². The Morgan fingerprint density at radius 1 is 1.40 bits per heavy atom. The highest BCUT2D eigenvalue weighted by Gasteiger charge is 2.19. The normalized spacial score (nSPS) is 12.2. The Kier molecular flexibility index (Phi) is 2.35. The quantitative estimate of drug-likeness (QED) is 0.758. The molecule has 2 rings (SSSR count). The number of benzene rings is 1. The van der Waals surface area contributed by atoms with E-state index in [-0.39, 0.29) is 4.90 Å². The Bertz CT molecular complexity index is 633. The lowest BCUT2D eigenvalue weighted by Gasteiger charge is -1.95. The second-order valence-corrected chi connectivity index (χ2v) is 5.43. The van der Waals surface area contributed by atoms with E-state index in [0.29, 0.717) is 15.4 Å². The highest BCUT2D eigenvalue weighted by Crippen LogP contribution is 2.28. The Hall–Kier alpha value is -0.880. The second kappa shape index (κ2) is 3.31. The van der Waals surface area contributed by atoms with Gasteiger partial charge in [-0.2, -0.15) is 8.42 Å². The zero-order chi connectivity index (χ0) is 11.2. The number of rotatable bonds is 1. The van der Waals surface area contributed by atoms with Gasteiger partial charge in [0.15, 0.2) is 0 Å². The first-order valence-corrected chi connectivity index (χ1v) is 6.26. The molecule has 0 saturated carbocycles. The van der Waals surface area contributed by atoms with Crippen molar-refractivity contribution in [1.82, 2.24) is 4.57 Å². The van der Waals surface area contributed by atoms with Crippen LogP contribution >= 0.6 is 15.9 Å². The van der Waals surface area contributed by atoms with E-state index in [2.05, 4.69) is 15.9 Å². The number of hydrogen-bond donors (Lipinski definition) is 0. The lowest BCUT2D eigenvalue weighted by atomic mass is 10.2. The third-order valence-electron chi connectivity index (χ3n) is 2.18. The van der Waals surface area contributed by atoms with Crippen molar-refractivity contribution in [2.24, 2.45) is 7.05 Å². The summed E-state index contributed by atoms with van der Waals surface area (Å²) in [7, 11) is -3.00. The molecule has 0 bridgehead atoms. The van der Waals surface area contributed by atoms with Crippen molar-refractivity contribution in [1.29, 1.82) is 0 Å². The van der Waals surface area contributed by atoms with Gasteiger partial charge in [-0.05, 0) is 18.2 Å². The van der Waals surface area contributed by atoms with E-state index in [1.54, 1.807) is 29.8 Å². The van der Waals surface area contributed by atoms with Crippen molar-refractivity contribution in [3.63, 3.8) is 0 Å². The van der Waals surface area contributed by atoms with Gasteiger partial charge in [-0.1, -0.05) is 15.9 Å². The van der Waals surface area contributed by atoms with Crippen LogP contribution in [0.15, 0.2) is 33.8 Å². The van der Waals surface area contributed by atoms with Gasteiger partial charge >= 0.3 is 10.2 Å². The fraction of sp³-hybridized carbons (Fsp3) is 0.111. The zero-order valence-corrected chi connectivity index (χ0v) is 10.1. The molecular weight excluding hydrogens is 285 g/mol. The van der Waals surface area contributed by atoms with Gasteiger partial charge in [0.25, 0.3) is 0 Å². The number of fused-ring (bicyclic) bond motifs is 1. The van der Waals surface area contributed by atoms with E-state index < -0.39 is 10.2 Å². The van der Waals surface area contributed by atoms with Crippen molar-refractivity contribution >= 4 is 37.1 Å². The van der Waals surface area contributed by atoms with Gasteiger partial charge in [0.2, 0.25) is 0 Å². The molecule has 0 aliphatic heterocycles. The molecule has 0 radical (unpaired) electrons. The lowest BCUT2D eigenvalue weighted by molar-refractivity contribution is 0.552. The predicted octanol–water partition coefficient (Wildman–Crippen LogP) is 2.60. The van der Waals surface area contributed by atoms with Gasteiger partial charge in [0, 0.05) is 28.6 Å². The number of hydrogen-bond acceptors (Lipinski definition) is 2. The lowest BCUT2D eigenvalue weighted by Crippen LogP contribution is -1.89. The molecule has 2 aromatic rings. The molecule has 6 heteroatoms. The molecular formula is C9H7BrFNO2S. The predicted molar refractivity (Wildman–Crippen MR) is 58.9 cm³/mol. The molecule has 0 amide bonds. The van der Waals surface area contributed by atoms with E-state index in [9.17, 15) is 12.3 Å². The first-order valence-electron chi connectivity index (χ1n) is 4.09. The van der Waals surface area contributed by atoms with Crippen molar-refractivity contribution in [3.8, 4) is 0 Å². The smallest absolute Gasteiger partial charge is 0.334 e. The molecule has 0 unspecified atom stereocenters. The largest absolute Gasteiger partial charge is 0.349 e. The van der Waals surface area contributed by atoms with Crippen LogP contribution in [-0.2, 0) is 17.3 Å². The molecule has 1 heterocycles. The van der Waals surface area contributed by atoms with Crippen LogP contribution in [-0.4, -0.2) is 13.0 Å². The summed E-state index contributed by atoms with van der Waals surface area (Å²) in [6, 6.07) is 5.09. The second-order valence-electron chi connectivity index (χ2n) is 3.20. The van der Waals surface area contributed by atoms with Gasteiger partial charge in [-0.3, -0.25) is 0 Å². The maximum absolute atomic E-state index is 12.9. The maximum atomic E-state index is 12.9. The fourth-order valence-corrected chi connectivity index (χ4v) is 2.59. The van der Waals surface area contributed by atoms with Crippen molar-refractivity contribution in [2.45, 2.75) is 4.90 Å². The summed E-state index contributed by atoms with van der Waals surface area (Å²) in [6.07, 6.45) is 1.27. The molecule has 15 heavy (non-hydrogen) atoms. The minimum Gasteiger partial charge on any atom is -0.349 e. The molecule has 0 aliphatic rings. The number of halogens is 2. The molecule has 1 aromatic carbocycles. The minimum absolute atomic E-state index is 0.290. The van der Waals surface area contributed by atoms with Gasteiger partial charge in [-0.25, -0.2) is 0 Å². The molecule has 0 spiro atoms. The van der Waals surface area contributed by atoms with Crippen LogP contribution < -0.4 is 0 Å². The molecule has 3 nitrogen and oxygen atoms in total. The van der Waals surface area contributed by atoms with E-state index >= 15 is 0 Å². The molecule has 0 atom stereocenters. The van der Waals surface area contributed by atoms with Gasteiger partial charge < -0.3 is 4.57 Å². The van der Waals surface area contributed by atoms with Gasteiger partial charge in [0.1, 0.15) is 4.90 Å². The van der Waals surface area contributed by atoms with E-state index in [1.165, 1.54) is 6.20 Å². The Balaban J connectivity index is 2.94. The summed E-state index contributed by atoms with van der Waals surface area (Å²) in [5, 5.41) is 0.384. The molecule has 80 valence electrons. The summed E-state index contributed by atoms with van der Waals surface area (Å²) >= 11 is 3.22. The maximum Gasteiger partial charge on any atom is 0.334 e. The van der Waals surface area contributed by atoms with Crippen molar-refractivity contribution in [2.75, 3.05) is 0 Å². The number of aryl methyl sites for hydroxylation is 1. The highest BCUT2D eigenvalue weighted by atomic mass is 79.9. The van der Waals surface area contributed by atoms with Crippen molar-refractivity contribution in [3.05, 3.63) is 28.9 Å². The van der Waals surface area contributed by atoms with Crippen LogP contribution in [0, 0.1) is 0 Å². The average molecular weight is 292 g/mol. The third-order valence-corrected chi connectivity index (χ3v) is 3.52. The summed E-state index contributed by atoms with van der Waals surface area (Å²) in [5.74, 6) is 0. The first-order chi connectivity index (χ1) is 6.89. The number of aromatic nitrogens is 1. The van der Waals surface area contributed by atoms with Crippen LogP contribution in [0.3, 0.4) is 0 Å². The standard InChI is InChI=1S/C9H7BrFNO2S/c1-12-5-9(15(11,13)14)7-4-6(10)2-3-8(7)12/h2-5H,1H3. The fourth-order valence-electron chi connectivity index (χ4n) is 1.52. The molecule has 0 fully saturated rings. The minimum atomic E-state index is -4.67. The first kappa shape index (κ1) is 10.6. The highest BCUT2D eigenvalue weighted by molar-refractivity contribution is 9.10. The van der Waals surface area contributed by atoms with Crippen LogP contribution in [0.4, 0.5) is 3.89 Å². The molecule has 0 N–H and O–H groups in total. The Morgan fingerprint density at radius 3 is 2.67 bits per heavy atom. The molecule has 1 aromatic heterocycles. The van der Waals surface area contributed by atoms with E-state index in [1.807, 2.05) is 0 Å². The monoisotopic (exact) mass is 291 g/mol. The van der Waals surface area contributed by atoms with E-state index in [0.717, 1.165) is 0 Å². The summed E-state index contributed by atoms with van der Waals surface area (Å²) in [6.45, 7) is 0. The summed E-state index contributed by atoms with van der Waals surface area (Å²) < 4.78 is 37.0. The average Bonchev–Trinajstić information content (AvgIpc) is 2.42. The SMILES string of the molecule is Cn1cc(S(=O)(=O)F)c2cc(Br)ccc21. The summed E-state index contributed by atoms with van der Waals surface area (Å²) in [4.78, 5) is -0.290. The Labute approximate surface area is 94.9 Å². The van der Waals surface area contributed by atoms with Crippen LogP contribution in [0.1, 0.15) is 0 Å². The molecule has 0 aliphatic carbocycles. The van der Waals surface area contributed by atoms with Crippen LogP contribution in [0.25, 0.3) is 10.9 Å². The Morgan fingerprint density at radius 2 is 2.07 bits per heavy atom. The third kappa shape index (κ3) is 1.79.